The Morgan fingerprint density at radius 3 is 2.79 bits per heavy atom. The molecule has 0 fully saturated rings. The van der Waals surface area contributed by atoms with Gasteiger partial charge in [-0.2, -0.15) is 4.98 Å². The Balaban J connectivity index is 2.30. The number of imidazole rings is 1. The van der Waals surface area contributed by atoms with Crippen LogP contribution in [0.5, 0.6) is 5.88 Å². The van der Waals surface area contributed by atoms with Gasteiger partial charge < -0.3 is 14.0 Å². The number of unbranched alkanes of at least 4 members (excludes halogenated alkanes) is 1. The van der Waals surface area contributed by atoms with Crippen LogP contribution in [0.2, 0.25) is 0 Å². The highest BCUT2D eigenvalue weighted by atomic mass is 35.5. The molecule has 104 valence electrons. The number of rotatable bonds is 7. The van der Waals surface area contributed by atoms with Crippen LogP contribution in [0.25, 0.3) is 11.2 Å². The zero-order valence-electron chi connectivity index (χ0n) is 11.1. The van der Waals surface area contributed by atoms with E-state index in [1.54, 1.807) is 14.2 Å². The fourth-order valence-corrected chi connectivity index (χ4v) is 2.17. The minimum Gasteiger partial charge on any atom is -0.479 e. The molecular weight excluding hydrogens is 268 g/mol. The molecule has 6 nitrogen and oxygen atoms in total. The molecular formula is C12H17ClN4O2. The van der Waals surface area contributed by atoms with Crippen LogP contribution < -0.4 is 4.74 Å². The number of aryl methyl sites for hydroxylation is 1. The number of halogens is 1. The molecule has 2 aromatic heterocycles. The van der Waals surface area contributed by atoms with Crippen molar-refractivity contribution >= 4 is 22.8 Å². The van der Waals surface area contributed by atoms with E-state index in [1.807, 2.05) is 4.57 Å². The lowest BCUT2D eigenvalue weighted by Gasteiger charge is -2.06. The summed E-state index contributed by atoms with van der Waals surface area (Å²) >= 11 is 5.94. The maximum Gasteiger partial charge on any atom is 0.245 e. The molecule has 0 saturated carbocycles. The van der Waals surface area contributed by atoms with Gasteiger partial charge in [-0.05, 0) is 12.8 Å². The maximum absolute atomic E-state index is 5.94. The minimum absolute atomic E-state index is 0.337. The molecule has 0 unspecified atom stereocenters. The van der Waals surface area contributed by atoms with Gasteiger partial charge in [0.2, 0.25) is 5.88 Å². The molecule has 0 amide bonds. The van der Waals surface area contributed by atoms with Crippen molar-refractivity contribution in [3.63, 3.8) is 0 Å². The normalized spacial score (nSPS) is 11.1. The average Bonchev–Trinajstić information content (AvgIpc) is 2.81. The first kappa shape index (κ1) is 14.0. The van der Waals surface area contributed by atoms with Crippen molar-refractivity contribution in [1.29, 1.82) is 0 Å². The Bertz CT molecular complexity index is 544. The topological polar surface area (TPSA) is 62.1 Å². The molecule has 0 spiro atoms. The van der Waals surface area contributed by atoms with Crippen LogP contribution in [0.15, 0.2) is 6.33 Å². The molecule has 0 N–H and O–H groups in total. The van der Waals surface area contributed by atoms with E-state index in [2.05, 4.69) is 15.0 Å². The molecule has 2 rings (SSSR count). The zero-order valence-corrected chi connectivity index (χ0v) is 11.9. The summed E-state index contributed by atoms with van der Waals surface area (Å²) in [4.78, 5) is 12.8. The number of alkyl halides is 1. The lowest BCUT2D eigenvalue weighted by Crippen LogP contribution is -2.04. The first-order valence-electron chi connectivity index (χ1n) is 6.10. The molecule has 0 aliphatic carbocycles. The number of ether oxygens (including phenoxy) is 2. The number of hydrogen-bond donors (Lipinski definition) is 0. The standard InChI is InChI=1S/C12H17ClN4O2/c1-18-6-4-3-5-17-9(7-13)16-10-11(17)14-8-15-12(10)19-2/h8H,3-7H2,1-2H3. The van der Waals surface area contributed by atoms with Gasteiger partial charge in [0.25, 0.3) is 0 Å². The highest BCUT2D eigenvalue weighted by Crippen LogP contribution is 2.22. The van der Waals surface area contributed by atoms with Crippen molar-refractivity contribution in [1.82, 2.24) is 19.5 Å². The van der Waals surface area contributed by atoms with Crippen molar-refractivity contribution in [3.05, 3.63) is 12.2 Å². The molecule has 0 radical (unpaired) electrons. The van der Waals surface area contributed by atoms with Crippen LogP contribution in [0.1, 0.15) is 18.7 Å². The van der Waals surface area contributed by atoms with Crippen LogP contribution in [0, 0.1) is 0 Å². The van der Waals surface area contributed by atoms with Crippen LogP contribution in [0.4, 0.5) is 0 Å². The molecule has 0 aliphatic heterocycles. The third-order valence-corrected chi connectivity index (χ3v) is 3.11. The van der Waals surface area contributed by atoms with E-state index in [0.717, 1.165) is 37.5 Å². The maximum atomic E-state index is 5.94. The van der Waals surface area contributed by atoms with Crippen molar-refractivity contribution < 1.29 is 9.47 Å². The SMILES string of the molecule is COCCCCn1c(CCl)nc2c(OC)ncnc21. The fourth-order valence-electron chi connectivity index (χ4n) is 1.96. The van der Waals surface area contributed by atoms with E-state index in [9.17, 15) is 0 Å². The molecule has 2 aromatic rings. The van der Waals surface area contributed by atoms with E-state index >= 15 is 0 Å². The summed E-state index contributed by atoms with van der Waals surface area (Å²) in [5.41, 5.74) is 1.42. The summed E-state index contributed by atoms with van der Waals surface area (Å²) in [7, 11) is 3.27. The van der Waals surface area contributed by atoms with Gasteiger partial charge in [0.05, 0.1) is 13.0 Å². The van der Waals surface area contributed by atoms with Crippen molar-refractivity contribution in [2.24, 2.45) is 0 Å². The first-order valence-corrected chi connectivity index (χ1v) is 6.64. The number of fused-ring (bicyclic) bond motifs is 1. The van der Waals surface area contributed by atoms with Crippen LogP contribution in [0.3, 0.4) is 0 Å². The fraction of sp³-hybridized carbons (Fsp3) is 0.583. The van der Waals surface area contributed by atoms with Crippen LogP contribution in [-0.2, 0) is 17.2 Å². The minimum atomic E-state index is 0.337. The van der Waals surface area contributed by atoms with Gasteiger partial charge in [0, 0.05) is 20.3 Å². The summed E-state index contributed by atoms with van der Waals surface area (Å²) < 4.78 is 12.3. The van der Waals surface area contributed by atoms with E-state index < -0.39 is 0 Å². The summed E-state index contributed by atoms with van der Waals surface area (Å²) in [6, 6.07) is 0. The summed E-state index contributed by atoms with van der Waals surface area (Å²) in [5, 5.41) is 0. The van der Waals surface area contributed by atoms with Crippen molar-refractivity contribution in [2.45, 2.75) is 25.3 Å². The third kappa shape index (κ3) is 2.96. The molecule has 2 heterocycles. The van der Waals surface area contributed by atoms with Gasteiger partial charge in [0.15, 0.2) is 11.2 Å². The van der Waals surface area contributed by atoms with Crippen LogP contribution >= 0.6 is 11.6 Å². The number of hydrogen-bond acceptors (Lipinski definition) is 5. The zero-order chi connectivity index (χ0) is 13.7. The van der Waals surface area contributed by atoms with Crippen molar-refractivity contribution in [3.8, 4) is 5.88 Å². The molecule has 0 saturated heterocycles. The highest BCUT2D eigenvalue weighted by Gasteiger charge is 2.15. The van der Waals surface area contributed by atoms with E-state index in [1.165, 1.54) is 6.33 Å². The highest BCUT2D eigenvalue weighted by molar-refractivity contribution is 6.16. The largest absolute Gasteiger partial charge is 0.479 e. The second-order valence-corrected chi connectivity index (χ2v) is 4.34. The summed E-state index contributed by atoms with van der Waals surface area (Å²) in [6.45, 7) is 1.56. The quantitative estimate of drug-likeness (QED) is 0.575. The van der Waals surface area contributed by atoms with E-state index in [0.29, 0.717) is 17.3 Å². The summed E-state index contributed by atoms with van der Waals surface area (Å²) in [6.07, 6.45) is 3.45. The molecule has 0 aromatic carbocycles. The molecule has 0 aliphatic rings. The van der Waals surface area contributed by atoms with E-state index in [4.69, 9.17) is 21.1 Å². The van der Waals surface area contributed by atoms with Gasteiger partial charge in [-0.1, -0.05) is 0 Å². The van der Waals surface area contributed by atoms with Gasteiger partial charge in [0.1, 0.15) is 12.2 Å². The lowest BCUT2D eigenvalue weighted by atomic mass is 10.3. The third-order valence-electron chi connectivity index (χ3n) is 2.87. The van der Waals surface area contributed by atoms with Crippen LogP contribution in [-0.4, -0.2) is 40.3 Å². The average molecular weight is 285 g/mol. The Morgan fingerprint density at radius 1 is 1.26 bits per heavy atom. The predicted octanol–water partition coefficient (Wildman–Crippen LogP) is 2.00. The number of methoxy groups -OCH3 is 2. The number of aromatic nitrogens is 4. The van der Waals surface area contributed by atoms with Crippen molar-refractivity contribution in [2.75, 3.05) is 20.8 Å². The Labute approximate surface area is 116 Å². The second-order valence-electron chi connectivity index (χ2n) is 4.07. The molecule has 19 heavy (non-hydrogen) atoms. The number of nitrogens with zero attached hydrogens (tertiary/aromatic N) is 4. The predicted molar refractivity (Wildman–Crippen MR) is 72.5 cm³/mol. The monoisotopic (exact) mass is 284 g/mol. The molecule has 7 heteroatoms. The van der Waals surface area contributed by atoms with E-state index in [-0.39, 0.29) is 0 Å². The molecule has 0 bridgehead atoms. The first-order chi connectivity index (χ1) is 9.31. The Morgan fingerprint density at radius 2 is 2.11 bits per heavy atom. The van der Waals surface area contributed by atoms with Gasteiger partial charge >= 0.3 is 0 Å². The van der Waals surface area contributed by atoms with Gasteiger partial charge in [-0.25, -0.2) is 9.97 Å². The smallest absolute Gasteiger partial charge is 0.245 e. The lowest BCUT2D eigenvalue weighted by molar-refractivity contribution is 0.191. The summed E-state index contributed by atoms with van der Waals surface area (Å²) in [5.74, 6) is 1.60. The van der Waals surface area contributed by atoms with Gasteiger partial charge in [-0.3, -0.25) is 0 Å². The Kier molecular flexibility index (Phi) is 4.93. The second kappa shape index (κ2) is 6.68. The molecule has 0 atom stereocenters. The Hall–Kier alpha value is -1.40. The van der Waals surface area contributed by atoms with Gasteiger partial charge in [-0.15, -0.1) is 11.6 Å².